The lowest BCUT2D eigenvalue weighted by Gasteiger charge is -2.34. The summed E-state index contributed by atoms with van der Waals surface area (Å²) in [5, 5.41) is 2.01. The summed E-state index contributed by atoms with van der Waals surface area (Å²) in [7, 11) is 1.46. The first-order valence-corrected chi connectivity index (χ1v) is 11.5. The van der Waals surface area contributed by atoms with E-state index >= 15 is 0 Å². The van der Waals surface area contributed by atoms with E-state index in [2.05, 4.69) is 22.9 Å². The molecule has 0 bridgehead atoms. The van der Waals surface area contributed by atoms with Crippen LogP contribution in [0.4, 0.5) is 0 Å². The minimum absolute atomic E-state index is 0.146. The molecule has 31 heavy (non-hydrogen) atoms. The van der Waals surface area contributed by atoms with E-state index in [1.54, 1.807) is 11.3 Å². The number of nitrogens with zero attached hydrogens (tertiary/aromatic N) is 2. The standard InChI is InChI=1S/C24H28N2O4S/c1-16-18(14-26-12-5-4-9-20(26)24(27)28-3)8-6-10-21(16)29-15-19-17(2)30-23(25-19)22-11-7-13-31-22/h6-8,10-11,13,20H,4-5,9,12,14-15H2,1-3H3. The van der Waals surface area contributed by atoms with Crippen LogP contribution in [0.5, 0.6) is 5.75 Å². The third-order valence-corrected chi connectivity index (χ3v) is 6.70. The number of rotatable bonds is 7. The lowest BCUT2D eigenvalue weighted by molar-refractivity contribution is -0.148. The van der Waals surface area contributed by atoms with Gasteiger partial charge >= 0.3 is 5.97 Å². The number of piperidine rings is 1. The Bertz CT molecular complexity index is 1030. The lowest BCUT2D eigenvalue weighted by Crippen LogP contribution is -2.44. The topological polar surface area (TPSA) is 64.8 Å². The SMILES string of the molecule is COC(=O)C1CCCCN1Cc1cccc(OCc2nc(-c3cccs3)oc2C)c1C. The van der Waals surface area contributed by atoms with Crippen molar-refractivity contribution in [3.05, 3.63) is 58.3 Å². The zero-order valence-electron chi connectivity index (χ0n) is 18.2. The summed E-state index contributed by atoms with van der Waals surface area (Å²) < 4.78 is 17.0. The van der Waals surface area contributed by atoms with Crippen molar-refractivity contribution in [1.29, 1.82) is 0 Å². The molecule has 4 rings (SSSR count). The summed E-state index contributed by atoms with van der Waals surface area (Å²) in [6.07, 6.45) is 3.00. The average molecular weight is 441 g/mol. The molecule has 3 heterocycles. The maximum absolute atomic E-state index is 12.2. The van der Waals surface area contributed by atoms with Gasteiger partial charge < -0.3 is 13.9 Å². The summed E-state index contributed by atoms with van der Waals surface area (Å²) in [6.45, 7) is 5.92. The predicted molar refractivity (Wildman–Crippen MR) is 120 cm³/mol. The number of aryl methyl sites for hydroxylation is 1. The number of benzene rings is 1. The highest BCUT2D eigenvalue weighted by atomic mass is 32.1. The molecule has 1 unspecified atom stereocenters. The van der Waals surface area contributed by atoms with E-state index in [9.17, 15) is 4.79 Å². The number of aromatic nitrogens is 1. The van der Waals surface area contributed by atoms with Crippen molar-refractivity contribution in [2.45, 2.75) is 52.3 Å². The molecule has 7 heteroatoms. The second-order valence-corrected chi connectivity index (χ2v) is 8.78. The molecule has 6 nitrogen and oxygen atoms in total. The zero-order valence-corrected chi connectivity index (χ0v) is 19.0. The van der Waals surface area contributed by atoms with Crippen molar-refractivity contribution >= 4 is 17.3 Å². The van der Waals surface area contributed by atoms with Crippen LogP contribution >= 0.6 is 11.3 Å². The molecule has 3 aromatic rings. The molecule has 1 aromatic carbocycles. The smallest absolute Gasteiger partial charge is 0.323 e. The number of carbonyl (C=O) groups excluding carboxylic acids is 1. The molecular formula is C24H28N2O4S. The summed E-state index contributed by atoms with van der Waals surface area (Å²) in [5.41, 5.74) is 3.04. The van der Waals surface area contributed by atoms with E-state index in [0.29, 0.717) is 19.0 Å². The molecule has 1 saturated heterocycles. The molecular weight excluding hydrogens is 412 g/mol. The van der Waals surface area contributed by atoms with E-state index in [0.717, 1.165) is 59.0 Å². The van der Waals surface area contributed by atoms with Crippen LogP contribution in [0.1, 0.15) is 41.8 Å². The number of ether oxygens (including phenoxy) is 2. The number of thiophene rings is 1. The zero-order chi connectivity index (χ0) is 21.8. The number of likely N-dealkylation sites (tertiary alicyclic amines) is 1. The number of esters is 1. The highest BCUT2D eigenvalue weighted by Crippen LogP contribution is 2.29. The summed E-state index contributed by atoms with van der Waals surface area (Å²) in [6, 6.07) is 9.88. The molecule has 2 aromatic heterocycles. The molecule has 1 fully saturated rings. The second kappa shape index (κ2) is 9.66. The lowest BCUT2D eigenvalue weighted by atomic mass is 10.00. The van der Waals surface area contributed by atoms with Crippen LogP contribution in [0, 0.1) is 13.8 Å². The Balaban J connectivity index is 1.46. The first-order chi connectivity index (χ1) is 15.1. The highest BCUT2D eigenvalue weighted by molar-refractivity contribution is 7.13. The maximum atomic E-state index is 12.2. The van der Waals surface area contributed by atoms with Gasteiger partial charge in [0, 0.05) is 6.54 Å². The normalized spacial score (nSPS) is 16.9. The Morgan fingerprint density at radius 1 is 1.26 bits per heavy atom. The number of carbonyl (C=O) groups is 1. The molecule has 0 amide bonds. The van der Waals surface area contributed by atoms with E-state index in [1.165, 1.54) is 7.11 Å². The molecule has 1 aliphatic heterocycles. The van der Waals surface area contributed by atoms with Crippen molar-refractivity contribution in [3.8, 4) is 16.5 Å². The number of methoxy groups -OCH3 is 1. The summed E-state index contributed by atoms with van der Waals surface area (Å²) >= 11 is 1.60. The van der Waals surface area contributed by atoms with Gasteiger partial charge in [0.2, 0.25) is 5.89 Å². The predicted octanol–water partition coefficient (Wildman–Crippen LogP) is 5.13. The number of hydrogen-bond acceptors (Lipinski definition) is 7. The Kier molecular flexibility index (Phi) is 6.73. The maximum Gasteiger partial charge on any atom is 0.323 e. The van der Waals surface area contributed by atoms with Crippen molar-refractivity contribution < 1.29 is 18.7 Å². The van der Waals surface area contributed by atoms with Crippen LogP contribution in [0.25, 0.3) is 10.8 Å². The van der Waals surface area contributed by atoms with Gasteiger partial charge in [-0.05, 0) is 61.9 Å². The van der Waals surface area contributed by atoms with Gasteiger partial charge in [-0.1, -0.05) is 24.6 Å². The van der Waals surface area contributed by atoms with Gasteiger partial charge in [0.1, 0.15) is 29.9 Å². The first-order valence-electron chi connectivity index (χ1n) is 10.6. The Morgan fingerprint density at radius 3 is 2.90 bits per heavy atom. The van der Waals surface area contributed by atoms with Crippen LogP contribution in [0.15, 0.2) is 40.1 Å². The molecule has 1 aliphatic rings. The van der Waals surface area contributed by atoms with Crippen LogP contribution in [-0.4, -0.2) is 35.5 Å². The minimum atomic E-state index is -0.170. The van der Waals surface area contributed by atoms with Gasteiger partial charge in [0.25, 0.3) is 0 Å². The molecule has 0 N–H and O–H groups in total. The highest BCUT2D eigenvalue weighted by Gasteiger charge is 2.29. The van der Waals surface area contributed by atoms with Crippen molar-refractivity contribution in [2.75, 3.05) is 13.7 Å². The largest absolute Gasteiger partial charge is 0.487 e. The van der Waals surface area contributed by atoms with Crippen LogP contribution in [0.2, 0.25) is 0 Å². The number of hydrogen-bond donors (Lipinski definition) is 0. The number of oxazole rings is 1. The molecule has 1 atom stereocenters. The molecule has 0 aliphatic carbocycles. The second-order valence-electron chi connectivity index (χ2n) is 7.83. The van der Waals surface area contributed by atoms with Gasteiger partial charge in [0.15, 0.2) is 0 Å². The third-order valence-electron chi connectivity index (χ3n) is 5.85. The monoisotopic (exact) mass is 440 g/mol. The van der Waals surface area contributed by atoms with E-state index in [4.69, 9.17) is 13.9 Å². The van der Waals surface area contributed by atoms with Crippen LogP contribution in [0.3, 0.4) is 0 Å². The van der Waals surface area contributed by atoms with Crippen molar-refractivity contribution in [3.63, 3.8) is 0 Å². The minimum Gasteiger partial charge on any atom is -0.487 e. The van der Waals surface area contributed by atoms with Gasteiger partial charge in [-0.3, -0.25) is 9.69 Å². The fraction of sp³-hybridized carbons (Fsp3) is 0.417. The fourth-order valence-corrected chi connectivity index (χ4v) is 4.65. The Hall–Kier alpha value is -2.64. The Morgan fingerprint density at radius 2 is 2.13 bits per heavy atom. The van der Waals surface area contributed by atoms with Crippen molar-refractivity contribution in [1.82, 2.24) is 9.88 Å². The summed E-state index contributed by atoms with van der Waals surface area (Å²) in [5.74, 6) is 2.08. The molecule has 0 saturated carbocycles. The molecule has 0 spiro atoms. The Labute approximate surface area is 186 Å². The van der Waals surface area contributed by atoms with E-state index in [1.807, 2.05) is 36.6 Å². The average Bonchev–Trinajstić information content (AvgIpc) is 3.44. The summed E-state index contributed by atoms with van der Waals surface area (Å²) in [4.78, 5) is 20.0. The first kappa shape index (κ1) is 21.6. The van der Waals surface area contributed by atoms with Gasteiger partial charge in [0.05, 0.1) is 12.0 Å². The van der Waals surface area contributed by atoms with Gasteiger partial charge in [-0.25, -0.2) is 4.98 Å². The third kappa shape index (κ3) is 4.83. The molecule has 0 radical (unpaired) electrons. The van der Waals surface area contributed by atoms with Gasteiger partial charge in [-0.2, -0.15) is 0 Å². The quantitative estimate of drug-likeness (QED) is 0.475. The van der Waals surface area contributed by atoms with E-state index in [-0.39, 0.29) is 12.0 Å². The fourth-order valence-electron chi connectivity index (χ4n) is 4.00. The van der Waals surface area contributed by atoms with Crippen LogP contribution < -0.4 is 4.74 Å². The molecule has 164 valence electrons. The van der Waals surface area contributed by atoms with Crippen LogP contribution in [-0.2, 0) is 22.7 Å². The van der Waals surface area contributed by atoms with E-state index < -0.39 is 0 Å². The van der Waals surface area contributed by atoms with Gasteiger partial charge in [-0.15, -0.1) is 11.3 Å². The van der Waals surface area contributed by atoms with Crippen molar-refractivity contribution in [2.24, 2.45) is 0 Å².